The zero-order chi connectivity index (χ0) is 68.3. The molecular formula is C72H58F6N4O14. The summed E-state index contributed by atoms with van der Waals surface area (Å²) in [5.74, 6) is -10.2. The first-order valence-corrected chi connectivity index (χ1v) is 30.3. The monoisotopic (exact) mass is 1320 g/mol. The molecule has 96 heavy (non-hydrogen) atoms. The first kappa shape index (κ1) is 66.2. The van der Waals surface area contributed by atoms with E-state index in [1.165, 1.54) is 86.6 Å². The molecule has 0 aromatic heterocycles. The molecule has 2 aliphatic heterocycles. The van der Waals surface area contributed by atoms with Gasteiger partial charge in [0.05, 0.1) is 48.3 Å². The first-order chi connectivity index (χ1) is 45.9. The number of para-hydroxylation sites is 4. The summed E-state index contributed by atoms with van der Waals surface area (Å²) < 4.78 is 127. The van der Waals surface area contributed by atoms with Gasteiger partial charge in [0.25, 0.3) is 23.6 Å². The molecule has 9 aromatic carbocycles. The highest BCUT2D eigenvalue weighted by Gasteiger charge is 2.50. The fourth-order valence-corrected chi connectivity index (χ4v) is 11.6. The molecule has 0 bridgehead atoms. The summed E-state index contributed by atoms with van der Waals surface area (Å²) in [4.78, 5) is 116. The Morgan fingerprint density at radius 3 is 0.906 bits per heavy atom. The Balaban J connectivity index is 1.20. The van der Waals surface area contributed by atoms with Gasteiger partial charge in [-0.1, -0.05) is 86.0 Å². The lowest BCUT2D eigenvalue weighted by Gasteiger charge is -2.36. The highest BCUT2D eigenvalue weighted by molar-refractivity contribution is 6.45. The molecule has 6 amide bonds. The van der Waals surface area contributed by atoms with Crippen molar-refractivity contribution < 1.29 is 93.1 Å². The Morgan fingerprint density at radius 2 is 0.667 bits per heavy atom. The Kier molecular flexibility index (Phi) is 18.8. The van der Waals surface area contributed by atoms with E-state index in [1.54, 1.807) is 72.8 Å². The van der Waals surface area contributed by atoms with Crippen molar-refractivity contribution in [2.75, 3.05) is 26.3 Å². The smallest absolute Gasteiger partial charge is 0.391 e. The number of imide groups is 2. The van der Waals surface area contributed by atoms with Crippen LogP contribution in [0.5, 0.6) is 46.0 Å². The first-order valence-electron chi connectivity index (χ1n) is 30.3. The zero-order valence-corrected chi connectivity index (χ0v) is 51.4. The number of rotatable bonds is 26. The number of hydrogen-bond acceptors (Lipinski definition) is 14. The Morgan fingerprint density at radius 1 is 0.406 bits per heavy atom. The third-order valence-corrected chi connectivity index (χ3v) is 15.8. The number of benzene rings is 9. The number of alkyl halides is 6. The van der Waals surface area contributed by atoms with Gasteiger partial charge in [0.1, 0.15) is 58.1 Å². The van der Waals surface area contributed by atoms with Crippen LogP contribution in [0.2, 0.25) is 0 Å². The summed E-state index contributed by atoms with van der Waals surface area (Å²) in [6.45, 7) is 9.12. The average molecular weight is 1320 g/mol. The molecule has 0 fully saturated rings. The van der Waals surface area contributed by atoms with Crippen LogP contribution in [-0.2, 0) is 28.7 Å². The Bertz CT molecular complexity index is 4100. The maximum atomic E-state index is 15.7. The van der Waals surface area contributed by atoms with Gasteiger partial charge in [0.15, 0.2) is 0 Å². The van der Waals surface area contributed by atoms with Crippen LogP contribution in [0.1, 0.15) is 93.8 Å². The third-order valence-electron chi connectivity index (χ3n) is 15.8. The minimum Gasteiger partial charge on any atom is -0.462 e. The normalized spacial score (nSPS) is 13.6. The number of carbonyl (C=O) groups excluding carboxylic acids is 8. The van der Waals surface area contributed by atoms with E-state index in [-0.39, 0.29) is 162 Å². The van der Waals surface area contributed by atoms with Gasteiger partial charge < -0.3 is 39.1 Å². The molecule has 2 N–H and O–H groups in total. The second-order valence-corrected chi connectivity index (χ2v) is 22.8. The van der Waals surface area contributed by atoms with Crippen molar-refractivity contribution in [2.45, 2.75) is 76.8 Å². The molecule has 492 valence electrons. The second kappa shape index (κ2) is 27.3. The highest BCUT2D eigenvalue weighted by atomic mass is 19.4. The average Bonchev–Trinajstić information content (AvgIpc) is 0.672. The predicted octanol–water partition coefficient (Wildman–Crippen LogP) is 14.8. The van der Waals surface area contributed by atoms with E-state index in [2.05, 4.69) is 23.8 Å². The molecule has 0 saturated carbocycles. The molecule has 2 aliphatic rings. The van der Waals surface area contributed by atoms with Gasteiger partial charge in [-0.05, 0) is 112 Å². The summed E-state index contributed by atoms with van der Waals surface area (Å²) >= 11 is 0. The fraction of sp³-hybridized carbons (Fsp3) is 0.222. The van der Waals surface area contributed by atoms with Gasteiger partial charge in [0, 0.05) is 67.3 Å². The number of amides is 6. The van der Waals surface area contributed by atoms with Crippen LogP contribution in [0.3, 0.4) is 0 Å². The minimum absolute atomic E-state index is 0.0428. The zero-order valence-electron chi connectivity index (χ0n) is 51.4. The maximum Gasteiger partial charge on any atom is 0.391 e. The molecule has 11 rings (SSSR count). The van der Waals surface area contributed by atoms with Gasteiger partial charge in [-0.2, -0.15) is 26.3 Å². The number of esters is 2. The molecular weight excluding hydrogens is 1260 g/mol. The number of ether oxygens (including phenoxy) is 6. The number of nitrogens with one attached hydrogen (secondary N) is 2. The van der Waals surface area contributed by atoms with Gasteiger partial charge >= 0.3 is 24.3 Å². The van der Waals surface area contributed by atoms with Crippen molar-refractivity contribution in [3.63, 3.8) is 0 Å². The number of carbonyl (C=O) groups is 8. The molecule has 0 radical (unpaired) electrons. The number of hydrogen-bond donors (Lipinski definition) is 2. The fourth-order valence-electron chi connectivity index (χ4n) is 11.6. The number of halogens is 6. The van der Waals surface area contributed by atoms with E-state index in [1.807, 2.05) is 0 Å². The van der Waals surface area contributed by atoms with Crippen LogP contribution in [0.15, 0.2) is 170 Å². The third kappa shape index (κ3) is 13.7. The molecule has 0 saturated heterocycles. The van der Waals surface area contributed by atoms with Crippen molar-refractivity contribution in [3.8, 4) is 46.0 Å². The molecule has 2 unspecified atom stereocenters. The number of fused-ring (bicyclic) bond motifs is 2. The molecule has 2 atom stereocenters. The maximum absolute atomic E-state index is 15.7. The van der Waals surface area contributed by atoms with E-state index in [4.69, 9.17) is 28.4 Å². The standard InChI is InChI=1S/C72H58F6N4O14/c1-39(2)69(89)91-31-19-17-29-79-63(83)49(37-71(73,74)75)81-65(85)45-33-51(93-41-21-9-5-10-22-41)57-59-53(95-43-25-13-7-14-26-43)35-47-56-48(68(88)82(67(47)87)50(38-72(76,77)78)64(84)80-30-18-20-32-92-70(90)40(3)4)36-54(96-44-27-15-8-16-28-44)60(62(56)59)58-52(94-42-23-11-6-12-24-42)34-46(66(81)86)55(45)61(57)58/h5-16,21-28,33-36,49-50H,1,3,17-20,29-32,37-38H2,2,4H3,(H,79,83)(H,80,84). The van der Waals surface area contributed by atoms with E-state index in [9.17, 15) is 45.5 Å². The van der Waals surface area contributed by atoms with E-state index in [0.717, 1.165) is 0 Å². The van der Waals surface area contributed by atoms with E-state index < -0.39 is 107 Å². The van der Waals surface area contributed by atoms with Gasteiger partial charge in [-0.3, -0.25) is 38.6 Å². The van der Waals surface area contributed by atoms with Crippen molar-refractivity contribution in [1.29, 1.82) is 0 Å². The molecule has 0 aliphatic carbocycles. The second-order valence-electron chi connectivity index (χ2n) is 22.8. The quantitative estimate of drug-likeness (QED) is 0.00979. The van der Waals surface area contributed by atoms with Crippen molar-refractivity contribution >= 4 is 90.5 Å². The summed E-state index contributed by atoms with van der Waals surface area (Å²) in [6, 6.07) is 31.5. The number of nitrogens with zero attached hydrogens (tertiary/aromatic N) is 2. The van der Waals surface area contributed by atoms with Crippen LogP contribution >= 0.6 is 0 Å². The van der Waals surface area contributed by atoms with Gasteiger partial charge in [-0.15, -0.1) is 0 Å². The molecule has 18 nitrogen and oxygen atoms in total. The van der Waals surface area contributed by atoms with E-state index in [0.29, 0.717) is 0 Å². The highest BCUT2D eigenvalue weighted by Crippen LogP contribution is 2.58. The van der Waals surface area contributed by atoms with Crippen LogP contribution in [0, 0.1) is 0 Å². The molecule has 9 aromatic rings. The lowest BCUT2D eigenvalue weighted by atomic mass is 9.80. The minimum atomic E-state index is -5.17. The van der Waals surface area contributed by atoms with Crippen molar-refractivity contribution in [2.24, 2.45) is 0 Å². The molecule has 24 heteroatoms. The lowest BCUT2D eigenvalue weighted by molar-refractivity contribution is -0.153. The summed E-state index contributed by atoms with van der Waals surface area (Å²) in [5.41, 5.74) is -1.55. The van der Waals surface area contributed by atoms with Gasteiger partial charge in [0.2, 0.25) is 11.8 Å². The topological polar surface area (TPSA) is 222 Å². The van der Waals surface area contributed by atoms with Crippen molar-refractivity contribution in [3.05, 3.63) is 192 Å². The van der Waals surface area contributed by atoms with Gasteiger partial charge in [-0.25, -0.2) is 9.59 Å². The summed E-state index contributed by atoms with van der Waals surface area (Å²) in [7, 11) is 0. The molecule has 0 spiro atoms. The Hall–Kier alpha value is -11.3. The van der Waals surface area contributed by atoms with Crippen LogP contribution < -0.4 is 29.6 Å². The summed E-state index contributed by atoms with van der Waals surface area (Å²) in [5, 5.41) is 4.12. The van der Waals surface area contributed by atoms with Crippen LogP contribution in [-0.4, -0.2) is 108 Å². The van der Waals surface area contributed by atoms with E-state index >= 15 is 19.2 Å². The van der Waals surface area contributed by atoms with Crippen LogP contribution in [0.4, 0.5) is 26.3 Å². The Labute approximate surface area is 543 Å². The number of unbranched alkanes of at least 4 members (excludes halogenated alkanes) is 2. The molecule has 2 heterocycles. The van der Waals surface area contributed by atoms with Crippen LogP contribution in [0.25, 0.3) is 43.1 Å². The van der Waals surface area contributed by atoms with Crippen molar-refractivity contribution in [1.82, 2.24) is 20.4 Å². The predicted molar refractivity (Wildman–Crippen MR) is 340 cm³/mol. The summed E-state index contributed by atoms with van der Waals surface area (Å²) in [6.07, 6.45) is -13.9. The largest absolute Gasteiger partial charge is 0.462 e. The lowest BCUT2D eigenvalue weighted by Crippen LogP contribution is -2.55. The SMILES string of the molecule is C=C(C)C(=O)OCCCCNC(=O)C(CC(F)(F)F)N1C(=O)c2cc(Oc3ccccc3)c3c4c(Oc5ccccc5)cc5c6c(cc(Oc7ccccc7)c(c7c(Oc8ccccc8)cc(c2c37)C1=O)c64)C(=O)N(C(CC(F)(F)F)C(=O)NCCCCOC(=O)C(=C)C)C5=O.